The minimum Gasteiger partial charge on any atom is -0.308 e. The van der Waals surface area contributed by atoms with Gasteiger partial charge in [-0.05, 0) is 47.2 Å². The summed E-state index contributed by atoms with van der Waals surface area (Å²) < 4.78 is 3.75. The number of rotatable bonds is 1. The second-order valence-corrected chi connectivity index (χ2v) is 8.89. The molecule has 0 unspecified atom stereocenters. The standard InChI is InChI=1S/C29H21NS/c1-20-12-4-2-7-16-23-22-15-9-11-19-26(22)31-29(23)28-27(20)24-17-8-10-18-25(24)30(28)21-13-5-3-6-14-21/h2-15,17-19H,1,16H2/b7-2-,12-4-. The summed E-state index contributed by atoms with van der Waals surface area (Å²) in [5, 5.41) is 2.59. The van der Waals surface area contributed by atoms with Crippen LogP contribution in [-0.4, -0.2) is 4.57 Å². The van der Waals surface area contributed by atoms with Gasteiger partial charge in [0, 0.05) is 21.3 Å². The first-order valence-electron chi connectivity index (χ1n) is 10.5. The second-order valence-electron chi connectivity index (χ2n) is 7.83. The Bertz CT molecular complexity index is 1510. The summed E-state index contributed by atoms with van der Waals surface area (Å²) in [7, 11) is 0. The molecule has 1 nitrogen and oxygen atoms in total. The van der Waals surface area contributed by atoms with Crippen molar-refractivity contribution >= 4 is 37.9 Å². The normalized spacial score (nSPS) is 15.5. The van der Waals surface area contributed by atoms with E-state index in [2.05, 4.69) is 114 Å². The fourth-order valence-corrected chi connectivity index (χ4v) is 5.91. The summed E-state index contributed by atoms with van der Waals surface area (Å²) in [4.78, 5) is 1.33. The molecule has 0 spiro atoms. The third kappa shape index (κ3) is 2.83. The van der Waals surface area contributed by atoms with Crippen molar-refractivity contribution in [1.82, 2.24) is 4.57 Å². The van der Waals surface area contributed by atoms with Crippen LogP contribution < -0.4 is 0 Å². The molecule has 0 aliphatic heterocycles. The third-order valence-corrected chi connectivity index (χ3v) is 7.21. The lowest BCUT2D eigenvalue weighted by Gasteiger charge is -2.14. The topological polar surface area (TPSA) is 4.93 Å². The third-order valence-electron chi connectivity index (χ3n) is 5.99. The van der Waals surface area contributed by atoms with Gasteiger partial charge < -0.3 is 4.57 Å². The van der Waals surface area contributed by atoms with E-state index >= 15 is 0 Å². The number of para-hydroxylation sites is 2. The van der Waals surface area contributed by atoms with E-state index in [1.165, 1.54) is 48.4 Å². The molecule has 1 aliphatic rings. The Hall–Kier alpha value is -3.62. The van der Waals surface area contributed by atoms with Gasteiger partial charge >= 0.3 is 0 Å². The Balaban J connectivity index is 1.83. The lowest BCUT2D eigenvalue weighted by Crippen LogP contribution is -1.98. The van der Waals surface area contributed by atoms with Gasteiger partial charge in [-0.2, -0.15) is 0 Å². The molecule has 148 valence electrons. The van der Waals surface area contributed by atoms with E-state index in [1.807, 2.05) is 11.3 Å². The Morgan fingerprint density at radius 2 is 1.52 bits per heavy atom. The molecule has 0 bridgehead atoms. The number of fused-ring (bicyclic) bond motifs is 7. The van der Waals surface area contributed by atoms with Gasteiger partial charge in [-0.15, -0.1) is 11.3 Å². The number of benzene rings is 3. The molecule has 3 aromatic carbocycles. The van der Waals surface area contributed by atoms with Crippen molar-refractivity contribution in [3.8, 4) is 16.3 Å². The van der Waals surface area contributed by atoms with Crippen molar-refractivity contribution in [2.24, 2.45) is 0 Å². The quantitative estimate of drug-likeness (QED) is 0.260. The largest absolute Gasteiger partial charge is 0.308 e. The maximum Gasteiger partial charge on any atom is 0.0722 e. The summed E-state index contributed by atoms with van der Waals surface area (Å²) in [6, 6.07) is 28.1. The summed E-state index contributed by atoms with van der Waals surface area (Å²) in [5.41, 5.74) is 7.28. The van der Waals surface area contributed by atoms with Gasteiger partial charge in [-0.3, -0.25) is 0 Å². The van der Waals surface area contributed by atoms with Crippen LogP contribution in [0, 0.1) is 0 Å². The van der Waals surface area contributed by atoms with Gasteiger partial charge in [-0.25, -0.2) is 0 Å². The first kappa shape index (κ1) is 18.2. The van der Waals surface area contributed by atoms with Crippen LogP contribution >= 0.6 is 11.3 Å². The van der Waals surface area contributed by atoms with E-state index in [-0.39, 0.29) is 0 Å². The predicted molar refractivity (Wildman–Crippen MR) is 135 cm³/mol. The number of hydrogen-bond acceptors (Lipinski definition) is 1. The van der Waals surface area contributed by atoms with E-state index in [0.717, 1.165) is 12.0 Å². The first-order valence-corrected chi connectivity index (χ1v) is 11.4. The molecule has 2 heteroatoms. The van der Waals surface area contributed by atoms with E-state index in [1.54, 1.807) is 0 Å². The minimum absolute atomic E-state index is 0.909. The molecule has 31 heavy (non-hydrogen) atoms. The summed E-state index contributed by atoms with van der Waals surface area (Å²) in [5.74, 6) is 0. The Labute approximate surface area is 185 Å². The molecule has 0 saturated heterocycles. The highest BCUT2D eigenvalue weighted by molar-refractivity contribution is 7.22. The van der Waals surface area contributed by atoms with Crippen molar-refractivity contribution in [3.05, 3.63) is 121 Å². The molecule has 0 atom stereocenters. The van der Waals surface area contributed by atoms with Crippen LogP contribution in [0.1, 0.15) is 11.1 Å². The average Bonchev–Trinajstić information content (AvgIpc) is 3.35. The van der Waals surface area contributed by atoms with E-state index in [0.29, 0.717) is 0 Å². The Kier molecular flexibility index (Phi) is 4.26. The monoisotopic (exact) mass is 415 g/mol. The number of hydrogen-bond donors (Lipinski definition) is 0. The van der Waals surface area contributed by atoms with Gasteiger partial charge in [0.15, 0.2) is 0 Å². The summed E-state index contributed by atoms with van der Waals surface area (Å²) >= 11 is 1.89. The summed E-state index contributed by atoms with van der Waals surface area (Å²) in [6.45, 7) is 4.48. The van der Waals surface area contributed by atoms with Crippen LogP contribution in [0.4, 0.5) is 0 Å². The fraction of sp³-hybridized carbons (Fsp3) is 0.0345. The highest BCUT2D eigenvalue weighted by Crippen LogP contribution is 2.47. The SMILES string of the molecule is C=C1/C=C\C=C/Cc2c(sc3ccccc23)-c2c1c1ccccc1n2-c1ccccc1. The molecule has 6 rings (SSSR count). The number of thiophene rings is 1. The van der Waals surface area contributed by atoms with Gasteiger partial charge in [0.25, 0.3) is 0 Å². The zero-order valence-electron chi connectivity index (χ0n) is 17.1. The molecule has 0 amide bonds. The highest BCUT2D eigenvalue weighted by atomic mass is 32.1. The zero-order valence-corrected chi connectivity index (χ0v) is 17.9. The van der Waals surface area contributed by atoms with Crippen molar-refractivity contribution in [2.75, 3.05) is 0 Å². The predicted octanol–water partition coefficient (Wildman–Crippen LogP) is 8.19. The van der Waals surface area contributed by atoms with Crippen molar-refractivity contribution in [3.63, 3.8) is 0 Å². The maximum absolute atomic E-state index is 4.48. The van der Waals surface area contributed by atoms with Crippen LogP contribution in [0.2, 0.25) is 0 Å². The lowest BCUT2D eigenvalue weighted by atomic mass is 9.97. The molecule has 5 aromatic rings. The Morgan fingerprint density at radius 1 is 0.774 bits per heavy atom. The van der Waals surface area contributed by atoms with Crippen LogP contribution in [0.15, 0.2) is 110 Å². The number of aromatic nitrogens is 1. The molecular weight excluding hydrogens is 394 g/mol. The van der Waals surface area contributed by atoms with Gasteiger partial charge in [0.1, 0.15) is 0 Å². The van der Waals surface area contributed by atoms with Gasteiger partial charge in [0.2, 0.25) is 0 Å². The molecule has 0 fully saturated rings. The minimum atomic E-state index is 0.909. The second kappa shape index (κ2) is 7.26. The average molecular weight is 416 g/mol. The highest BCUT2D eigenvalue weighted by Gasteiger charge is 2.25. The van der Waals surface area contributed by atoms with Crippen molar-refractivity contribution < 1.29 is 0 Å². The molecule has 0 saturated carbocycles. The molecule has 0 radical (unpaired) electrons. The van der Waals surface area contributed by atoms with E-state index in [9.17, 15) is 0 Å². The van der Waals surface area contributed by atoms with Gasteiger partial charge in [-0.1, -0.05) is 85.5 Å². The smallest absolute Gasteiger partial charge is 0.0722 e. The van der Waals surface area contributed by atoms with Gasteiger partial charge in [0.05, 0.1) is 16.1 Å². The molecule has 1 aliphatic carbocycles. The van der Waals surface area contributed by atoms with Crippen LogP contribution in [0.3, 0.4) is 0 Å². The van der Waals surface area contributed by atoms with E-state index in [4.69, 9.17) is 0 Å². The lowest BCUT2D eigenvalue weighted by molar-refractivity contribution is 1.13. The molecule has 2 aromatic heterocycles. The Morgan fingerprint density at radius 3 is 2.39 bits per heavy atom. The first-order chi connectivity index (χ1) is 15.3. The van der Waals surface area contributed by atoms with E-state index < -0.39 is 0 Å². The maximum atomic E-state index is 4.48. The van der Waals surface area contributed by atoms with Crippen LogP contribution in [0.5, 0.6) is 0 Å². The molecule has 0 N–H and O–H groups in total. The van der Waals surface area contributed by atoms with Crippen LogP contribution in [-0.2, 0) is 6.42 Å². The number of allylic oxidation sites excluding steroid dienone is 5. The summed E-state index contributed by atoms with van der Waals surface area (Å²) in [6.07, 6.45) is 9.55. The fourth-order valence-electron chi connectivity index (χ4n) is 4.64. The van der Waals surface area contributed by atoms with Crippen LogP contribution in [0.25, 0.3) is 42.8 Å². The zero-order chi connectivity index (χ0) is 20.8. The molecule has 2 heterocycles. The van der Waals surface area contributed by atoms with Crippen molar-refractivity contribution in [2.45, 2.75) is 6.42 Å². The number of nitrogens with zero attached hydrogens (tertiary/aromatic N) is 1. The van der Waals surface area contributed by atoms with Crippen molar-refractivity contribution in [1.29, 1.82) is 0 Å². The molecular formula is C29H21NS.